The zero-order valence-electron chi connectivity index (χ0n) is 8.44. The second-order valence-corrected chi connectivity index (χ2v) is 3.82. The molecule has 1 aliphatic heterocycles. The van der Waals surface area contributed by atoms with Crippen molar-refractivity contribution in [1.29, 1.82) is 0 Å². The molecule has 2 heterocycles. The van der Waals surface area contributed by atoms with Crippen LogP contribution in [-0.2, 0) is 0 Å². The first-order valence-corrected chi connectivity index (χ1v) is 5.08. The molecule has 5 nitrogen and oxygen atoms in total. The lowest BCUT2D eigenvalue weighted by Crippen LogP contribution is -2.37. The fourth-order valence-electron chi connectivity index (χ4n) is 1.98. The highest BCUT2D eigenvalue weighted by atomic mass is 16.3. The topological polar surface area (TPSA) is 82.4 Å². The van der Waals surface area contributed by atoms with Crippen LogP contribution in [0.2, 0.25) is 0 Å². The van der Waals surface area contributed by atoms with Crippen molar-refractivity contribution < 1.29 is 9.90 Å². The lowest BCUT2D eigenvalue weighted by atomic mass is 10.2. The van der Waals surface area contributed by atoms with Gasteiger partial charge in [0, 0.05) is 18.4 Å². The molecule has 1 aromatic heterocycles. The summed E-state index contributed by atoms with van der Waals surface area (Å²) >= 11 is 0. The van der Waals surface area contributed by atoms with Gasteiger partial charge in [0.25, 0.3) is 5.91 Å². The number of aliphatic hydroxyl groups excluding tert-OH is 1. The number of nitrogens with zero attached hydrogens (tertiary/aromatic N) is 1. The van der Waals surface area contributed by atoms with Gasteiger partial charge in [-0.3, -0.25) is 4.79 Å². The highest BCUT2D eigenvalue weighted by Crippen LogP contribution is 2.19. The predicted molar refractivity (Wildman–Crippen MR) is 56.3 cm³/mol. The third kappa shape index (κ3) is 1.83. The molecule has 4 N–H and O–H groups in total. The molecule has 15 heavy (non-hydrogen) atoms. The summed E-state index contributed by atoms with van der Waals surface area (Å²) in [6.07, 6.45) is 3.42. The standard InChI is InChI=1S/C10H15N3O2/c11-7-4-9(12-5-7)10(15)13-3-1-2-8(13)6-14/h4-5,8,12,14H,1-3,6,11H2/t8-/m0/s1. The van der Waals surface area contributed by atoms with Gasteiger partial charge in [0.2, 0.25) is 0 Å². The molecule has 1 fully saturated rings. The van der Waals surface area contributed by atoms with Crippen molar-refractivity contribution in [3.8, 4) is 0 Å². The third-order valence-corrected chi connectivity index (χ3v) is 2.78. The van der Waals surface area contributed by atoms with Crippen LogP contribution in [0.25, 0.3) is 0 Å². The average Bonchev–Trinajstić information content (AvgIpc) is 2.84. The molecule has 0 spiro atoms. The van der Waals surface area contributed by atoms with Gasteiger partial charge in [-0.05, 0) is 18.9 Å². The van der Waals surface area contributed by atoms with Crippen LogP contribution in [0.15, 0.2) is 12.3 Å². The lowest BCUT2D eigenvalue weighted by molar-refractivity contribution is 0.0672. The number of nitrogens with one attached hydrogen (secondary N) is 1. The summed E-state index contributed by atoms with van der Waals surface area (Å²) in [5, 5.41) is 9.11. The highest BCUT2D eigenvalue weighted by molar-refractivity contribution is 5.93. The largest absolute Gasteiger partial charge is 0.397 e. The predicted octanol–water partition coefficient (Wildman–Crippen LogP) is 0.194. The van der Waals surface area contributed by atoms with Crippen LogP contribution in [0.4, 0.5) is 5.69 Å². The first-order valence-electron chi connectivity index (χ1n) is 5.08. The number of carbonyl (C=O) groups excluding carboxylic acids is 1. The Morgan fingerprint density at radius 2 is 2.53 bits per heavy atom. The van der Waals surface area contributed by atoms with Gasteiger partial charge in [-0.2, -0.15) is 0 Å². The van der Waals surface area contributed by atoms with E-state index < -0.39 is 0 Å². The van der Waals surface area contributed by atoms with Crippen LogP contribution in [0.3, 0.4) is 0 Å². The Bertz CT molecular complexity index is 361. The van der Waals surface area contributed by atoms with Crippen molar-refractivity contribution in [1.82, 2.24) is 9.88 Å². The van der Waals surface area contributed by atoms with E-state index in [1.54, 1.807) is 17.2 Å². The van der Waals surface area contributed by atoms with Crippen molar-refractivity contribution >= 4 is 11.6 Å². The molecule has 0 unspecified atom stereocenters. The number of likely N-dealkylation sites (tertiary alicyclic amines) is 1. The second-order valence-electron chi connectivity index (χ2n) is 3.82. The van der Waals surface area contributed by atoms with Crippen molar-refractivity contribution in [3.63, 3.8) is 0 Å². The number of aromatic nitrogens is 1. The highest BCUT2D eigenvalue weighted by Gasteiger charge is 2.29. The third-order valence-electron chi connectivity index (χ3n) is 2.78. The van der Waals surface area contributed by atoms with E-state index in [0.717, 1.165) is 12.8 Å². The Morgan fingerprint density at radius 3 is 3.13 bits per heavy atom. The zero-order chi connectivity index (χ0) is 10.8. The number of aliphatic hydroxyl groups is 1. The van der Waals surface area contributed by atoms with Crippen molar-refractivity contribution in [3.05, 3.63) is 18.0 Å². The first-order chi connectivity index (χ1) is 7.22. The molecule has 0 saturated carbocycles. The number of aromatic amines is 1. The molecule has 1 aromatic rings. The second kappa shape index (κ2) is 3.94. The summed E-state index contributed by atoms with van der Waals surface area (Å²) in [4.78, 5) is 16.5. The first kappa shape index (κ1) is 10.0. The number of rotatable bonds is 2. The van der Waals surface area contributed by atoms with Gasteiger partial charge >= 0.3 is 0 Å². The number of hydrogen-bond acceptors (Lipinski definition) is 3. The number of nitrogens with two attached hydrogens (primary N) is 1. The molecule has 0 aliphatic carbocycles. The fourth-order valence-corrected chi connectivity index (χ4v) is 1.98. The van der Waals surface area contributed by atoms with Crippen molar-refractivity contribution in [2.75, 3.05) is 18.9 Å². The molecular formula is C10H15N3O2. The smallest absolute Gasteiger partial charge is 0.270 e. The maximum Gasteiger partial charge on any atom is 0.270 e. The van der Waals surface area contributed by atoms with Gasteiger partial charge in [0.05, 0.1) is 12.6 Å². The number of carbonyl (C=O) groups is 1. The van der Waals surface area contributed by atoms with E-state index in [1.165, 1.54) is 0 Å². The SMILES string of the molecule is Nc1c[nH]c(C(=O)N2CCC[C@H]2CO)c1. The van der Waals surface area contributed by atoms with Gasteiger partial charge in [-0.15, -0.1) is 0 Å². The van der Waals surface area contributed by atoms with Gasteiger partial charge in [0.15, 0.2) is 0 Å². The number of amides is 1. The molecule has 0 bridgehead atoms. The van der Waals surface area contributed by atoms with Crippen LogP contribution in [0, 0.1) is 0 Å². The Balaban J connectivity index is 2.13. The molecule has 0 radical (unpaired) electrons. The minimum Gasteiger partial charge on any atom is -0.397 e. The van der Waals surface area contributed by atoms with Crippen molar-refractivity contribution in [2.45, 2.75) is 18.9 Å². The minimum atomic E-state index is -0.0803. The molecule has 0 aromatic carbocycles. The number of anilines is 1. The summed E-state index contributed by atoms with van der Waals surface area (Å²) in [7, 11) is 0. The summed E-state index contributed by atoms with van der Waals surface area (Å²) in [6.45, 7) is 0.741. The lowest BCUT2D eigenvalue weighted by Gasteiger charge is -2.22. The maximum absolute atomic E-state index is 12.0. The summed E-state index contributed by atoms with van der Waals surface area (Å²) in [6, 6.07) is 1.58. The maximum atomic E-state index is 12.0. The Hall–Kier alpha value is -1.49. The normalized spacial score (nSPS) is 20.9. The van der Waals surface area contributed by atoms with E-state index >= 15 is 0 Å². The Morgan fingerprint density at radius 1 is 1.73 bits per heavy atom. The molecular weight excluding hydrogens is 194 g/mol. The molecule has 1 aliphatic rings. The Labute approximate surface area is 87.9 Å². The van der Waals surface area contributed by atoms with E-state index in [1.807, 2.05) is 0 Å². The van der Waals surface area contributed by atoms with Crippen molar-refractivity contribution in [2.24, 2.45) is 0 Å². The molecule has 2 rings (SSSR count). The number of H-pyrrole nitrogens is 1. The number of nitrogen functional groups attached to an aromatic ring is 1. The fraction of sp³-hybridized carbons (Fsp3) is 0.500. The van der Waals surface area contributed by atoms with E-state index in [2.05, 4.69) is 4.98 Å². The van der Waals surface area contributed by atoms with Gasteiger partial charge in [-0.25, -0.2) is 0 Å². The van der Waals surface area contributed by atoms with Crippen LogP contribution in [0.5, 0.6) is 0 Å². The molecule has 1 atom stereocenters. The average molecular weight is 209 g/mol. The van der Waals surface area contributed by atoms with E-state index in [4.69, 9.17) is 10.8 Å². The molecule has 1 saturated heterocycles. The van der Waals surface area contributed by atoms with E-state index in [9.17, 15) is 4.79 Å². The molecule has 1 amide bonds. The Kier molecular flexibility index (Phi) is 2.64. The quantitative estimate of drug-likeness (QED) is 0.650. The van der Waals surface area contributed by atoms with Gasteiger partial charge < -0.3 is 20.7 Å². The van der Waals surface area contributed by atoms with E-state index in [-0.39, 0.29) is 18.6 Å². The van der Waals surface area contributed by atoms with Crippen LogP contribution < -0.4 is 5.73 Å². The monoisotopic (exact) mass is 209 g/mol. The van der Waals surface area contributed by atoms with Crippen LogP contribution in [-0.4, -0.2) is 40.1 Å². The summed E-state index contributed by atoms with van der Waals surface area (Å²) < 4.78 is 0. The van der Waals surface area contributed by atoms with Crippen LogP contribution in [0.1, 0.15) is 23.3 Å². The van der Waals surface area contributed by atoms with Crippen LogP contribution >= 0.6 is 0 Å². The molecule has 5 heteroatoms. The summed E-state index contributed by atoms with van der Waals surface area (Å²) in [5.74, 6) is -0.0803. The van der Waals surface area contributed by atoms with E-state index in [0.29, 0.717) is 17.9 Å². The zero-order valence-corrected chi connectivity index (χ0v) is 8.44. The number of hydrogen-bond donors (Lipinski definition) is 3. The van der Waals surface area contributed by atoms with Gasteiger partial charge in [0.1, 0.15) is 5.69 Å². The van der Waals surface area contributed by atoms with Gasteiger partial charge in [-0.1, -0.05) is 0 Å². The minimum absolute atomic E-state index is 0.0297. The molecule has 82 valence electrons. The summed E-state index contributed by atoms with van der Waals surface area (Å²) in [5.41, 5.74) is 6.58.